The van der Waals surface area contributed by atoms with Crippen molar-refractivity contribution in [3.8, 4) is 23.0 Å². The van der Waals surface area contributed by atoms with E-state index < -0.39 is 0 Å². The molecule has 3 aromatic heterocycles. The summed E-state index contributed by atoms with van der Waals surface area (Å²) in [5.41, 5.74) is 4.94. The Morgan fingerprint density at radius 1 is 1.21 bits per heavy atom. The fraction of sp³-hybridized carbons (Fsp3) is 0.346. The van der Waals surface area contributed by atoms with Gasteiger partial charge in [0.1, 0.15) is 17.8 Å². The number of Topliss-reactive ketones (excluding diaryl/α,β-unsaturated/α-hetero) is 1. The Morgan fingerprint density at radius 3 is 2.76 bits per heavy atom. The maximum absolute atomic E-state index is 13.4. The van der Waals surface area contributed by atoms with Gasteiger partial charge in [0.05, 0.1) is 36.8 Å². The molecule has 0 saturated heterocycles. The predicted octanol–water partition coefficient (Wildman–Crippen LogP) is 4.73. The van der Waals surface area contributed by atoms with Gasteiger partial charge in [0.25, 0.3) is 0 Å². The smallest absolute Gasteiger partial charge is 0.182 e. The predicted molar refractivity (Wildman–Crippen MR) is 129 cm³/mol. The number of methoxy groups -OCH3 is 1. The van der Waals surface area contributed by atoms with Crippen LogP contribution < -0.4 is 4.74 Å². The minimum absolute atomic E-state index is 0.0596. The molecule has 0 radical (unpaired) electrons. The number of rotatable bonds is 8. The van der Waals surface area contributed by atoms with Crippen LogP contribution in [-0.4, -0.2) is 42.2 Å². The van der Waals surface area contributed by atoms with Crippen molar-refractivity contribution >= 4 is 5.78 Å². The molecule has 1 aliphatic rings. The van der Waals surface area contributed by atoms with Gasteiger partial charge < -0.3 is 13.9 Å². The highest BCUT2D eigenvalue weighted by atomic mass is 16.5. The number of imidazole rings is 1. The van der Waals surface area contributed by atoms with Crippen molar-refractivity contribution in [1.29, 1.82) is 0 Å². The van der Waals surface area contributed by atoms with Crippen molar-refractivity contribution in [2.45, 2.75) is 52.0 Å². The number of ketones is 1. The van der Waals surface area contributed by atoms with Crippen LogP contribution in [-0.2, 0) is 6.42 Å². The van der Waals surface area contributed by atoms with Gasteiger partial charge in [-0.25, -0.2) is 9.97 Å². The average Bonchev–Trinajstić information content (AvgIpc) is 3.34. The zero-order valence-corrected chi connectivity index (χ0v) is 19.9. The molecule has 1 aliphatic carbocycles. The second-order valence-electron chi connectivity index (χ2n) is 9.09. The zero-order valence-electron chi connectivity index (χ0n) is 19.9. The van der Waals surface area contributed by atoms with E-state index in [9.17, 15) is 4.79 Å². The minimum atomic E-state index is -0.0596. The molecule has 0 bridgehead atoms. The fourth-order valence-electron chi connectivity index (χ4n) is 4.16. The van der Waals surface area contributed by atoms with Crippen LogP contribution in [0.3, 0.4) is 0 Å². The molecule has 0 spiro atoms. The van der Waals surface area contributed by atoms with Crippen LogP contribution >= 0.6 is 0 Å². The molecule has 0 aliphatic heterocycles. The normalized spacial score (nSPS) is 13.4. The molecule has 8 nitrogen and oxygen atoms in total. The van der Waals surface area contributed by atoms with Gasteiger partial charge in [-0.05, 0) is 63.4 Å². The number of carbonyl (C=O) groups excluding carboxylic acids is 1. The van der Waals surface area contributed by atoms with E-state index in [2.05, 4.69) is 35.2 Å². The summed E-state index contributed by atoms with van der Waals surface area (Å²) in [6.07, 6.45) is 8.13. The molecular formula is C26H28N6O2. The molecule has 4 aromatic rings. The highest BCUT2D eigenvalue weighted by molar-refractivity contribution is 6.00. The van der Waals surface area contributed by atoms with E-state index in [4.69, 9.17) is 9.72 Å². The maximum atomic E-state index is 13.4. The molecule has 3 heterocycles. The molecule has 1 aromatic carbocycles. The van der Waals surface area contributed by atoms with E-state index in [1.165, 1.54) is 12.8 Å². The van der Waals surface area contributed by atoms with E-state index >= 15 is 0 Å². The number of aromatic nitrogens is 6. The van der Waals surface area contributed by atoms with E-state index in [0.717, 1.165) is 16.9 Å². The molecule has 0 unspecified atom stereocenters. The molecular weight excluding hydrogens is 428 g/mol. The van der Waals surface area contributed by atoms with Crippen molar-refractivity contribution in [2.24, 2.45) is 0 Å². The number of hydrogen-bond donors (Lipinski definition) is 0. The first kappa shape index (κ1) is 22.0. The van der Waals surface area contributed by atoms with Crippen LogP contribution in [0, 0.1) is 6.92 Å². The van der Waals surface area contributed by atoms with Crippen molar-refractivity contribution < 1.29 is 9.53 Å². The van der Waals surface area contributed by atoms with Crippen molar-refractivity contribution in [3.63, 3.8) is 0 Å². The average molecular weight is 457 g/mol. The standard InChI is InChI=1S/C26H28N6O2/c1-16(2)32-15-28-30-26(32)21-7-5-6-19(29-21)11-24(33)20-12-23(17(3)10-25(20)34-4)31-13-22(27-14-31)18-8-9-18/h5-7,10,12-16,18H,8-9,11H2,1-4H3. The summed E-state index contributed by atoms with van der Waals surface area (Å²) in [4.78, 5) is 22.7. The van der Waals surface area contributed by atoms with Gasteiger partial charge in [0.2, 0.25) is 0 Å². The Morgan fingerprint density at radius 2 is 2.03 bits per heavy atom. The lowest BCUT2D eigenvalue weighted by atomic mass is 10.0. The third kappa shape index (κ3) is 4.23. The van der Waals surface area contributed by atoms with Crippen LogP contribution in [0.1, 0.15) is 66.0 Å². The van der Waals surface area contributed by atoms with Crippen molar-refractivity contribution in [1.82, 2.24) is 29.3 Å². The highest BCUT2D eigenvalue weighted by Gasteiger charge is 2.26. The van der Waals surface area contributed by atoms with Crippen molar-refractivity contribution in [3.05, 3.63) is 71.7 Å². The summed E-state index contributed by atoms with van der Waals surface area (Å²) in [7, 11) is 1.59. The molecule has 174 valence electrons. The lowest BCUT2D eigenvalue weighted by molar-refractivity contribution is 0.0989. The number of nitrogens with zero attached hydrogens (tertiary/aromatic N) is 6. The van der Waals surface area contributed by atoms with Crippen LogP contribution in [0.2, 0.25) is 0 Å². The maximum Gasteiger partial charge on any atom is 0.182 e. The molecule has 34 heavy (non-hydrogen) atoms. The number of ether oxygens (including phenoxy) is 1. The minimum Gasteiger partial charge on any atom is -0.496 e. The Bertz CT molecular complexity index is 1350. The largest absolute Gasteiger partial charge is 0.496 e. The van der Waals surface area contributed by atoms with Gasteiger partial charge in [0.15, 0.2) is 11.6 Å². The quantitative estimate of drug-likeness (QED) is 0.356. The topological polar surface area (TPSA) is 87.7 Å². The highest BCUT2D eigenvalue weighted by Crippen LogP contribution is 2.39. The SMILES string of the molecule is COc1cc(C)c(-n2cnc(C3CC3)c2)cc1C(=O)Cc1cccc(-c2nncn2C(C)C)n1. The third-order valence-electron chi connectivity index (χ3n) is 6.20. The van der Waals surface area contributed by atoms with Crippen LogP contribution in [0.25, 0.3) is 17.2 Å². The van der Waals surface area contributed by atoms with E-state index in [-0.39, 0.29) is 18.2 Å². The molecule has 5 rings (SSSR count). The molecule has 1 fully saturated rings. The van der Waals surface area contributed by atoms with Crippen molar-refractivity contribution in [2.75, 3.05) is 7.11 Å². The summed E-state index contributed by atoms with van der Waals surface area (Å²) < 4.78 is 9.53. The molecule has 0 amide bonds. The van der Waals surface area contributed by atoms with Gasteiger partial charge in [-0.2, -0.15) is 0 Å². The molecule has 0 N–H and O–H groups in total. The first-order valence-corrected chi connectivity index (χ1v) is 11.6. The summed E-state index contributed by atoms with van der Waals surface area (Å²) in [5.74, 6) is 1.76. The number of carbonyl (C=O) groups is 1. The Hall–Kier alpha value is -3.81. The first-order chi connectivity index (χ1) is 16.4. The number of aryl methyl sites for hydroxylation is 1. The summed E-state index contributed by atoms with van der Waals surface area (Å²) in [6, 6.07) is 9.65. The Balaban J connectivity index is 1.45. The monoisotopic (exact) mass is 456 g/mol. The third-order valence-corrected chi connectivity index (χ3v) is 6.20. The Kier molecular flexibility index (Phi) is 5.73. The van der Waals surface area contributed by atoms with Gasteiger partial charge >= 0.3 is 0 Å². The molecule has 8 heteroatoms. The summed E-state index contributed by atoms with van der Waals surface area (Å²) in [5, 5.41) is 8.25. The van der Waals surface area contributed by atoms with Crippen LogP contribution in [0.5, 0.6) is 5.75 Å². The van der Waals surface area contributed by atoms with E-state index in [1.807, 2.05) is 52.7 Å². The summed E-state index contributed by atoms with van der Waals surface area (Å²) >= 11 is 0. The number of pyridine rings is 1. The van der Waals surface area contributed by atoms with E-state index in [1.54, 1.807) is 13.4 Å². The van der Waals surface area contributed by atoms with Gasteiger partial charge in [0, 0.05) is 23.9 Å². The van der Waals surface area contributed by atoms with E-state index in [0.29, 0.717) is 34.4 Å². The van der Waals surface area contributed by atoms with Gasteiger partial charge in [-0.3, -0.25) is 4.79 Å². The molecule has 1 saturated carbocycles. The number of benzene rings is 1. The Labute approximate surface area is 198 Å². The van der Waals surface area contributed by atoms with Crippen LogP contribution in [0.15, 0.2) is 49.2 Å². The van der Waals surface area contributed by atoms with Gasteiger partial charge in [-0.15, -0.1) is 10.2 Å². The second kappa shape index (κ2) is 8.85. The van der Waals surface area contributed by atoms with Gasteiger partial charge in [-0.1, -0.05) is 6.07 Å². The zero-order chi connectivity index (χ0) is 23.8. The number of hydrogen-bond acceptors (Lipinski definition) is 6. The first-order valence-electron chi connectivity index (χ1n) is 11.6. The van der Waals surface area contributed by atoms with Crippen LogP contribution in [0.4, 0.5) is 0 Å². The lowest BCUT2D eigenvalue weighted by Gasteiger charge is -2.14. The second-order valence-corrected chi connectivity index (χ2v) is 9.09. The lowest BCUT2D eigenvalue weighted by Crippen LogP contribution is -2.10. The molecule has 0 atom stereocenters. The fourth-order valence-corrected chi connectivity index (χ4v) is 4.16. The summed E-state index contributed by atoms with van der Waals surface area (Å²) in [6.45, 7) is 6.14.